The van der Waals surface area contributed by atoms with Crippen LogP contribution in [0.5, 0.6) is 0 Å². The van der Waals surface area contributed by atoms with E-state index in [9.17, 15) is 5.11 Å². The molecule has 1 atom stereocenters. The van der Waals surface area contributed by atoms with Gasteiger partial charge < -0.3 is 5.11 Å². The van der Waals surface area contributed by atoms with E-state index in [4.69, 9.17) is 4.98 Å². The molecule has 6 heteroatoms. The molecule has 0 amide bonds. The van der Waals surface area contributed by atoms with E-state index in [1.165, 1.54) is 11.3 Å². The van der Waals surface area contributed by atoms with E-state index in [1.54, 1.807) is 11.3 Å². The highest BCUT2D eigenvalue weighted by molar-refractivity contribution is 7.09. The van der Waals surface area contributed by atoms with E-state index in [0.29, 0.717) is 5.92 Å². The van der Waals surface area contributed by atoms with Crippen LogP contribution >= 0.6 is 11.3 Å². The molecular weight excluding hydrogens is 356 g/mol. The van der Waals surface area contributed by atoms with Crippen molar-refractivity contribution >= 4 is 11.3 Å². The SMILES string of the molecule is OC(c1cc2n(n1)CCCN(Cc1nc(-c3ccccc3)cs1)C2)C1CC1. The average molecular weight is 381 g/mol. The molecule has 0 radical (unpaired) electrons. The number of thiazole rings is 1. The zero-order valence-corrected chi connectivity index (χ0v) is 16.1. The molecule has 27 heavy (non-hydrogen) atoms. The molecule has 1 aromatic carbocycles. The molecule has 5 rings (SSSR count). The summed E-state index contributed by atoms with van der Waals surface area (Å²) in [6.45, 7) is 3.70. The van der Waals surface area contributed by atoms with Crippen molar-refractivity contribution in [2.75, 3.05) is 6.54 Å². The minimum Gasteiger partial charge on any atom is -0.386 e. The number of aromatic nitrogens is 3. The van der Waals surface area contributed by atoms with E-state index in [2.05, 4.69) is 50.4 Å². The van der Waals surface area contributed by atoms with Crippen molar-refractivity contribution in [2.24, 2.45) is 5.92 Å². The monoisotopic (exact) mass is 380 g/mol. The van der Waals surface area contributed by atoms with Crippen LogP contribution in [0.15, 0.2) is 41.8 Å². The molecular formula is C21H24N4OS. The molecule has 3 heterocycles. The van der Waals surface area contributed by atoms with Gasteiger partial charge in [0.05, 0.1) is 23.6 Å². The number of nitrogens with zero attached hydrogens (tertiary/aromatic N) is 4. The van der Waals surface area contributed by atoms with Crippen LogP contribution in [0.3, 0.4) is 0 Å². The number of benzene rings is 1. The van der Waals surface area contributed by atoms with Crippen LogP contribution in [0.4, 0.5) is 0 Å². The fourth-order valence-electron chi connectivity index (χ4n) is 3.80. The minimum absolute atomic E-state index is 0.384. The van der Waals surface area contributed by atoms with E-state index in [-0.39, 0.29) is 6.10 Å². The van der Waals surface area contributed by atoms with Crippen LogP contribution in [-0.2, 0) is 19.6 Å². The van der Waals surface area contributed by atoms with Crippen molar-refractivity contribution in [3.05, 3.63) is 58.2 Å². The van der Waals surface area contributed by atoms with Crippen molar-refractivity contribution in [3.8, 4) is 11.3 Å². The van der Waals surface area contributed by atoms with Gasteiger partial charge in [-0.15, -0.1) is 11.3 Å². The van der Waals surface area contributed by atoms with E-state index in [0.717, 1.165) is 61.8 Å². The third-order valence-electron chi connectivity index (χ3n) is 5.46. The predicted octanol–water partition coefficient (Wildman–Crippen LogP) is 3.86. The Morgan fingerprint density at radius 3 is 2.85 bits per heavy atom. The Balaban J connectivity index is 1.30. The Morgan fingerprint density at radius 1 is 1.19 bits per heavy atom. The van der Waals surface area contributed by atoms with Crippen molar-refractivity contribution in [1.82, 2.24) is 19.7 Å². The first-order valence-corrected chi connectivity index (χ1v) is 10.6. The van der Waals surface area contributed by atoms with Crippen molar-refractivity contribution in [2.45, 2.75) is 45.0 Å². The highest BCUT2D eigenvalue weighted by Gasteiger charge is 2.33. The fraction of sp³-hybridized carbons (Fsp3) is 0.429. The Kier molecular flexibility index (Phi) is 4.55. The molecule has 1 saturated carbocycles. The van der Waals surface area contributed by atoms with Crippen molar-refractivity contribution in [1.29, 1.82) is 0 Å². The van der Waals surface area contributed by atoms with Crippen LogP contribution in [0.25, 0.3) is 11.3 Å². The van der Waals surface area contributed by atoms with E-state index >= 15 is 0 Å². The normalized spacial score (nSPS) is 18.9. The lowest BCUT2D eigenvalue weighted by molar-refractivity contribution is 0.148. The van der Waals surface area contributed by atoms with Gasteiger partial charge in [0.15, 0.2) is 0 Å². The summed E-state index contributed by atoms with van der Waals surface area (Å²) < 4.78 is 2.10. The van der Waals surface area contributed by atoms with Gasteiger partial charge in [-0.3, -0.25) is 9.58 Å². The molecule has 1 N–H and O–H groups in total. The Labute approximate surface area is 163 Å². The number of aryl methyl sites for hydroxylation is 1. The van der Waals surface area contributed by atoms with E-state index in [1.807, 2.05) is 6.07 Å². The number of aliphatic hydroxyl groups is 1. The smallest absolute Gasteiger partial charge is 0.107 e. The minimum atomic E-state index is -0.384. The lowest BCUT2D eigenvalue weighted by Crippen LogP contribution is -2.22. The maximum Gasteiger partial charge on any atom is 0.107 e. The second-order valence-electron chi connectivity index (χ2n) is 7.62. The summed E-state index contributed by atoms with van der Waals surface area (Å²) in [5.74, 6) is 0.423. The van der Waals surface area contributed by atoms with Gasteiger partial charge in [-0.25, -0.2) is 4.98 Å². The molecule has 1 aliphatic carbocycles. The number of hydrogen-bond acceptors (Lipinski definition) is 5. The quantitative estimate of drug-likeness (QED) is 0.730. The van der Waals surface area contributed by atoms with Gasteiger partial charge in [0, 0.05) is 30.6 Å². The van der Waals surface area contributed by atoms with Gasteiger partial charge in [0.2, 0.25) is 0 Å². The van der Waals surface area contributed by atoms with Crippen LogP contribution in [0.2, 0.25) is 0 Å². The van der Waals surface area contributed by atoms with Crippen molar-refractivity contribution < 1.29 is 5.11 Å². The highest BCUT2D eigenvalue weighted by atomic mass is 32.1. The molecule has 0 bridgehead atoms. The predicted molar refractivity (Wildman–Crippen MR) is 106 cm³/mol. The second-order valence-corrected chi connectivity index (χ2v) is 8.57. The Bertz CT molecular complexity index is 915. The zero-order valence-electron chi connectivity index (χ0n) is 15.3. The fourth-order valence-corrected chi connectivity index (χ4v) is 4.64. The number of aliphatic hydroxyl groups excluding tert-OH is 1. The Morgan fingerprint density at radius 2 is 2.04 bits per heavy atom. The van der Waals surface area contributed by atoms with Gasteiger partial charge in [0.25, 0.3) is 0 Å². The molecule has 1 fully saturated rings. The maximum absolute atomic E-state index is 10.4. The van der Waals surface area contributed by atoms with Gasteiger partial charge in [0.1, 0.15) is 11.1 Å². The molecule has 5 nitrogen and oxygen atoms in total. The topological polar surface area (TPSA) is 54.2 Å². The first-order valence-electron chi connectivity index (χ1n) is 9.73. The molecule has 3 aromatic rings. The molecule has 2 aromatic heterocycles. The third-order valence-corrected chi connectivity index (χ3v) is 6.30. The third kappa shape index (κ3) is 3.70. The second kappa shape index (κ2) is 7.19. The summed E-state index contributed by atoms with van der Waals surface area (Å²) in [6.07, 6.45) is 2.95. The molecule has 1 aliphatic heterocycles. The van der Waals surface area contributed by atoms with Gasteiger partial charge in [-0.2, -0.15) is 5.10 Å². The van der Waals surface area contributed by atoms with Crippen LogP contribution in [0, 0.1) is 5.92 Å². The maximum atomic E-state index is 10.4. The average Bonchev–Trinajstić information content (AvgIpc) is 3.37. The van der Waals surface area contributed by atoms with Crippen LogP contribution in [0.1, 0.15) is 41.8 Å². The standard InChI is InChI=1S/C21H24N4OS/c26-21(16-7-8-16)18-11-17-12-24(9-4-10-25(17)23-18)13-20-22-19(14-27-20)15-5-2-1-3-6-15/h1-3,5-6,11,14,16,21,26H,4,7-10,12-13H2. The Hall–Kier alpha value is -2.02. The van der Waals surface area contributed by atoms with Gasteiger partial charge in [-0.1, -0.05) is 30.3 Å². The van der Waals surface area contributed by atoms with Crippen LogP contribution < -0.4 is 0 Å². The van der Waals surface area contributed by atoms with E-state index < -0.39 is 0 Å². The van der Waals surface area contributed by atoms with Gasteiger partial charge in [-0.05, 0) is 31.2 Å². The molecule has 140 valence electrons. The lowest BCUT2D eigenvalue weighted by atomic mass is 10.1. The molecule has 0 saturated heterocycles. The summed E-state index contributed by atoms with van der Waals surface area (Å²) in [6, 6.07) is 12.5. The molecule has 2 aliphatic rings. The van der Waals surface area contributed by atoms with Gasteiger partial charge >= 0.3 is 0 Å². The number of rotatable bonds is 5. The summed E-state index contributed by atoms with van der Waals surface area (Å²) in [5.41, 5.74) is 4.30. The first-order chi connectivity index (χ1) is 13.3. The van der Waals surface area contributed by atoms with Crippen LogP contribution in [-0.4, -0.2) is 31.3 Å². The molecule has 1 unspecified atom stereocenters. The summed E-state index contributed by atoms with van der Waals surface area (Å²) in [7, 11) is 0. The van der Waals surface area contributed by atoms with Crippen molar-refractivity contribution in [3.63, 3.8) is 0 Å². The lowest BCUT2D eigenvalue weighted by Gasteiger charge is -2.17. The summed E-state index contributed by atoms with van der Waals surface area (Å²) >= 11 is 1.73. The number of hydrogen-bond donors (Lipinski definition) is 1. The largest absolute Gasteiger partial charge is 0.386 e. The number of fused-ring (bicyclic) bond motifs is 1. The zero-order chi connectivity index (χ0) is 18.2. The summed E-state index contributed by atoms with van der Waals surface area (Å²) in [4.78, 5) is 7.29. The summed E-state index contributed by atoms with van der Waals surface area (Å²) in [5, 5.41) is 18.4. The first kappa shape index (κ1) is 17.1. The highest BCUT2D eigenvalue weighted by Crippen LogP contribution is 2.40. The molecule has 0 spiro atoms.